The Labute approximate surface area is 130 Å². The number of amides is 2. The van der Waals surface area contributed by atoms with Gasteiger partial charge in [-0.2, -0.15) is 0 Å². The average molecular weight is 313 g/mol. The summed E-state index contributed by atoms with van der Waals surface area (Å²) in [6.45, 7) is 5.72. The molecule has 21 heavy (non-hydrogen) atoms. The van der Waals surface area contributed by atoms with E-state index in [1.807, 2.05) is 6.92 Å². The third-order valence-electron chi connectivity index (χ3n) is 3.24. The largest absolute Gasteiger partial charge is 0.383 e. The van der Waals surface area contributed by atoms with E-state index in [-0.39, 0.29) is 11.8 Å². The van der Waals surface area contributed by atoms with Crippen molar-refractivity contribution in [3.8, 4) is 0 Å². The van der Waals surface area contributed by atoms with Gasteiger partial charge in [-0.1, -0.05) is 17.7 Å². The molecule has 0 spiro atoms. The lowest BCUT2D eigenvalue weighted by molar-refractivity contribution is -0.138. The van der Waals surface area contributed by atoms with Gasteiger partial charge in [0.05, 0.1) is 6.61 Å². The van der Waals surface area contributed by atoms with E-state index in [9.17, 15) is 9.59 Å². The van der Waals surface area contributed by atoms with Gasteiger partial charge in [0.1, 0.15) is 5.41 Å². The maximum absolute atomic E-state index is 12.3. The molecule has 0 aliphatic heterocycles. The van der Waals surface area contributed by atoms with Crippen LogP contribution in [0, 0.1) is 12.3 Å². The second-order valence-electron chi connectivity index (χ2n) is 5.24. The highest BCUT2D eigenvalue weighted by atomic mass is 35.5. The van der Waals surface area contributed by atoms with Crippen LogP contribution in [0.2, 0.25) is 5.02 Å². The Balaban J connectivity index is 2.77. The van der Waals surface area contributed by atoms with Crippen LogP contribution in [0.5, 0.6) is 0 Å². The molecule has 0 radical (unpaired) electrons. The van der Waals surface area contributed by atoms with Crippen molar-refractivity contribution in [2.24, 2.45) is 5.41 Å². The first kappa shape index (κ1) is 17.5. The number of carbonyl (C=O) groups excluding carboxylic acids is 2. The SMILES string of the molecule is COCCNC(=O)C(C)(C)C(=O)Nc1cccc(Cl)c1C. The standard InChI is InChI=1S/C15H21ClN2O3/c1-10-11(16)6-5-7-12(10)18-14(20)15(2,3)13(19)17-8-9-21-4/h5-7H,8-9H2,1-4H3,(H,17,19)(H,18,20). The van der Waals surface area contributed by atoms with Crippen LogP contribution >= 0.6 is 11.6 Å². The summed E-state index contributed by atoms with van der Waals surface area (Å²) in [4.78, 5) is 24.4. The number of anilines is 1. The summed E-state index contributed by atoms with van der Waals surface area (Å²) in [5, 5.41) is 5.98. The molecule has 0 atom stereocenters. The van der Waals surface area contributed by atoms with Crippen molar-refractivity contribution < 1.29 is 14.3 Å². The molecule has 5 nitrogen and oxygen atoms in total. The fourth-order valence-corrected chi connectivity index (χ4v) is 1.79. The number of nitrogens with one attached hydrogen (secondary N) is 2. The zero-order chi connectivity index (χ0) is 16.0. The van der Waals surface area contributed by atoms with Crippen LogP contribution in [-0.4, -0.2) is 32.1 Å². The van der Waals surface area contributed by atoms with Crippen molar-refractivity contribution in [3.05, 3.63) is 28.8 Å². The Hall–Kier alpha value is -1.59. The molecule has 0 bridgehead atoms. The molecule has 2 N–H and O–H groups in total. The number of ether oxygens (including phenoxy) is 1. The highest BCUT2D eigenvalue weighted by Crippen LogP contribution is 2.25. The topological polar surface area (TPSA) is 67.4 Å². The minimum absolute atomic E-state index is 0.350. The normalized spacial score (nSPS) is 11.1. The maximum Gasteiger partial charge on any atom is 0.239 e. The second kappa shape index (κ2) is 7.43. The predicted molar refractivity (Wildman–Crippen MR) is 83.5 cm³/mol. The van der Waals surface area contributed by atoms with Crippen LogP contribution in [0.3, 0.4) is 0 Å². The lowest BCUT2D eigenvalue weighted by Gasteiger charge is -2.23. The van der Waals surface area contributed by atoms with Gasteiger partial charge in [-0.05, 0) is 38.5 Å². The van der Waals surface area contributed by atoms with Crippen molar-refractivity contribution in [2.45, 2.75) is 20.8 Å². The molecule has 0 saturated heterocycles. The Bertz CT molecular complexity index is 530. The van der Waals surface area contributed by atoms with Crippen LogP contribution in [0.25, 0.3) is 0 Å². The molecule has 0 fully saturated rings. The minimum atomic E-state index is -1.19. The van der Waals surface area contributed by atoms with Gasteiger partial charge in [-0.25, -0.2) is 0 Å². The molecule has 1 rings (SSSR count). The first-order valence-electron chi connectivity index (χ1n) is 6.64. The van der Waals surface area contributed by atoms with E-state index >= 15 is 0 Å². The molecule has 116 valence electrons. The minimum Gasteiger partial charge on any atom is -0.383 e. The zero-order valence-electron chi connectivity index (χ0n) is 12.7. The summed E-state index contributed by atoms with van der Waals surface area (Å²) in [5.41, 5.74) is 0.177. The van der Waals surface area contributed by atoms with Gasteiger partial charge in [0, 0.05) is 24.4 Å². The van der Waals surface area contributed by atoms with Crippen molar-refractivity contribution in [2.75, 3.05) is 25.6 Å². The second-order valence-corrected chi connectivity index (χ2v) is 5.65. The number of halogens is 1. The van der Waals surface area contributed by atoms with Crippen LogP contribution in [0.15, 0.2) is 18.2 Å². The molecule has 0 aliphatic rings. The van der Waals surface area contributed by atoms with E-state index in [1.54, 1.807) is 39.2 Å². The number of carbonyl (C=O) groups is 2. The molecule has 1 aromatic carbocycles. The monoisotopic (exact) mass is 312 g/mol. The van der Waals surface area contributed by atoms with Gasteiger partial charge in [0.25, 0.3) is 0 Å². The van der Waals surface area contributed by atoms with Crippen molar-refractivity contribution in [3.63, 3.8) is 0 Å². The van der Waals surface area contributed by atoms with E-state index in [0.29, 0.717) is 23.9 Å². The van der Waals surface area contributed by atoms with Gasteiger partial charge >= 0.3 is 0 Å². The van der Waals surface area contributed by atoms with Crippen molar-refractivity contribution >= 4 is 29.1 Å². The molecule has 6 heteroatoms. The molecule has 0 unspecified atom stereocenters. The van der Waals surface area contributed by atoms with Crippen LogP contribution in [-0.2, 0) is 14.3 Å². The number of methoxy groups -OCH3 is 1. The first-order valence-corrected chi connectivity index (χ1v) is 7.02. The summed E-state index contributed by atoms with van der Waals surface area (Å²) in [7, 11) is 1.55. The highest BCUT2D eigenvalue weighted by molar-refractivity contribution is 6.31. The van der Waals surface area contributed by atoms with Gasteiger partial charge in [-0.15, -0.1) is 0 Å². The summed E-state index contributed by atoms with van der Waals surface area (Å²) >= 11 is 6.01. The molecule has 2 amide bonds. The molecule has 0 aliphatic carbocycles. The predicted octanol–water partition coefficient (Wildman–Crippen LogP) is 2.38. The lowest BCUT2D eigenvalue weighted by Crippen LogP contribution is -2.46. The summed E-state index contributed by atoms with van der Waals surface area (Å²) in [5.74, 6) is -0.737. The number of hydrogen-bond acceptors (Lipinski definition) is 3. The van der Waals surface area contributed by atoms with E-state index in [0.717, 1.165) is 5.56 Å². The number of rotatable bonds is 6. The van der Waals surface area contributed by atoms with Gasteiger partial charge in [0.2, 0.25) is 11.8 Å². The fourth-order valence-electron chi connectivity index (χ4n) is 1.61. The highest BCUT2D eigenvalue weighted by Gasteiger charge is 2.36. The molecule has 1 aromatic rings. The lowest BCUT2D eigenvalue weighted by atomic mass is 9.90. The average Bonchev–Trinajstić information content (AvgIpc) is 2.43. The zero-order valence-corrected chi connectivity index (χ0v) is 13.5. The third-order valence-corrected chi connectivity index (χ3v) is 3.65. The van der Waals surface area contributed by atoms with Crippen LogP contribution in [0.4, 0.5) is 5.69 Å². The maximum atomic E-state index is 12.3. The Morgan fingerprint density at radius 3 is 2.57 bits per heavy atom. The smallest absolute Gasteiger partial charge is 0.239 e. The van der Waals surface area contributed by atoms with E-state index in [4.69, 9.17) is 16.3 Å². The summed E-state index contributed by atoms with van der Waals surface area (Å²) in [6.07, 6.45) is 0. The van der Waals surface area contributed by atoms with Gasteiger partial charge < -0.3 is 15.4 Å². The van der Waals surface area contributed by atoms with Crippen molar-refractivity contribution in [1.29, 1.82) is 0 Å². The molecule has 0 heterocycles. The van der Waals surface area contributed by atoms with Crippen LogP contribution < -0.4 is 10.6 Å². The van der Waals surface area contributed by atoms with Crippen molar-refractivity contribution in [1.82, 2.24) is 5.32 Å². The van der Waals surface area contributed by atoms with Gasteiger partial charge in [-0.3, -0.25) is 9.59 Å². The molecular formula is C15H21ClN2O3. The molecular weight excluding hydrogens is 292 g/mol. The van der Waals surface area contributed by atoms with E-state index < -0.39 is 5.41 Å². The van der Waals surface area contributed by atoms with Crippen LogP contribution in [0.1, 0.15) is 19.4 Å². The van der Waals surface area contributed by atoms with E-state index in [1.165, 1.54) is 0 Å². The molecule has 0 aromatic heterocycles. The number of benzene rings is 1. The summed E-state index contributed by atoms with van der Waals surface area (Å²) in [6, 6.07) is 5.24. The quantitative estimate of drug-likeness (QED) is 0.626. The Morgan fingerprint density at radius 1 is 1.29 bits per heavy atom. The third kappa shape index (κ3) is 4.44. The van der Waals surface area contributed by atoms with Gasteiger partial charge in [0.15, 0.2) is 0 Å². The number of hydrogen-bond donors (Lipinski definition) is 2. The summed E-state index contributed by atoms with van der Waals surface area (Å²) < 4.78 is 4.86. The first-order chi connectivity index (χ1) is 9.80. The fraction of sp³-hybridized carbons (Fsp3) is 0.467. The Kier molecular flexibility index (Phi) is 6.18. The van der Waals surface area contributed by atoms with E-state index in [2.05, 4.69) is 10.6 Å². The molecule has 0 saturated carbocycles. The Morgan fingerprint density at radius 2 is 1.95 bits per heavy atom.